The van der Waals surface area contributed by atoms with Crippen molar-refractivity contribution in [3.63, 3.8) is 0 Å². The highest BCUT2D eigenvalue weighted by molar-refractivity contribution is 9.10. The minimum Gasteiger partial charge on any atom is -0.382 e. The van der Waals surface area contributed by atoms with Gasteiger partial charge in [-0.25, -0.2) is 34.9 Å². The van der Waals surface area contributed by atoms with Gasteiger partial charge in [0.05, 0.1) is 45.4 Å². The summed E-state index contributed by atoms with van der Waals surface area (Å²) in [7, 11) is 3.77. The Bertz CT molecular complexity index is 5090. The van der Waals surface area contributed by atoms with E-state index in [9.17, 15) is 19.2 Å². The molecule has 0 radical (unpaired) electrons. The van der Waals surface area contributed by atoms with Gasteiger partial charge >= 0.3 is 0 Å². The number of aromatic nitrogens is 8. The lowest BCUT2D eigenvalue weighted by molar-refractivity contribution is 0.0700. The molecular weight excluding hydrogens is 1490 g/mol. The molecule has 114 heavy (non-hydrogen) atoms. The van der Waals surface area contributed by atoms with E-state index in [4.69, 9.17) is 15.2 Å². The van der Waals surface area contributed by atoms with Crippen LogP contribution in [0.15, 0.2) is 263 Å². The third kappa shape index (κ3) is 23.0. The molecule has 2 aliphatic rings. The first kappa shape index (κ1) is 82.8. The smallest absolute Gasteiger partial charge is 0.213 e. The van der Waals surface area contributed by atoms with Gasteiger partial charge in [0, 0.05) is 89.8 Å². The number of carbonyl (C=O) groups excluding carboxylic acids is 4. The average Bonchev–Trinajstić information content (AvgIpc) is 1.67. The Kier molecular flexibility index (Phi) is 31.3. The fraction of sp³-hybridized carbons (Fsp3) is 0.272. The highest BCUT2D eigenvalue weighted by Crippen LogP contribution is 2.30. The van der Waals surface area contributed by atoms with Crippen LogP contribution in [0, 0.1) is 0 Å². The number of benzene rings is 8. The van der Waals surface area contributed by atoms with Crippen molar-refractivity contribution in [3.8, 4) is 22.7 Å². The van der Waals surface area contributed by atoms with Crippen LogP contribution >= 0.6 is 15.9 Å². The quantitative estimate of drug-likeness (QED) is 0.0191. The zero-order valence-corrected chi connectivity index (χ0v) is 67.2. The van der Waals surface area contributed by atoms with Gasteiger partial charge in [-0.2, -0.15) is 0 Å². The molecule has 0 unspecified atom stereocenters. The van der Waals surface area contributed by atoms with Crippen molar-refractivity contribution in [1.82, 2.24) is 52.9 Å². The Morgan fingerprint density at radius 3 is 0.974 bits per heavy atom. The van der Waals surface area contributed by atoms with Crippen LogP contribution in [0.5, 0.6) is 0 Å². The van der Waals surface area contributed by atoms with Gasteiger partial charge < -0.3 is 29.9 Å². The van der Waals surface area contributed by atoms with Gasteiger partial charge in [0.1, 0.15) is 48.1 Å². The molecule has 0 saturated carbocycles. The summed E-state index contributed by atoms with van der Waals surface area (Å²) in [6.07, 6.45) is 26.0. The molecule has 8 aromatic carbocycles. The number of aliphatic imine (C=N–C) groups is 3. The molecule has 586 valence electrons. The van der Waals surface area contributed by atoms with Crippen LogP contribution in [0.25, 0.3) is 22.7 Å². The molecule has 2 aliphatic heterocycles. The number of nitrogen functional groups attached to an aromatic ring is 1. The van der Waals surface area contributed by atoms with Gasteiger partial charge in [-0.3, -0.25) is 37.4 Å². The molecular formula is C92H100BrN15O6. The minimum atomic E-state index is -0.123. The van der Waals surface area contributed by atoms with Gasteiger partial charge in [-0.15, -0.1) is 0 Å². The van der Waals surface area contributed by atoms with E-state index < -0.39 is 0 Å². The number of ketones is 4. The van der Waals surface area contributed by atoms with Crippen LogP contribution in [0.2, 0.25) is 0 Å². The molecule has 14 rings (SSSR count). The van der Waals surface area contributed by atoms with Crippen LogP contribution in [0.1, 0.15) is 159 Å². The number of anilines is 1. The molecule has 21 nitrogen and oxygen atoms in total. The lowest BCUT2D eigenvalue weighted by atomic mass is 10.1. The number of imidazole rings is 4. The summed E-state index contributed by atoms with van der Waals surface area (Å²) in [5, 5.41) is 0. The number of aryl methyl sites for hydroxylation is 3. The van der Waals surface area contributed by atoms with E-state index in [0.717, 1.165) is 72.7 Å². The van der Waals surface area contributed by atoms with Crippen LogP contribution in [-0.2, 0) is 28.7 Å². The minimum absolute atomic E-state index is 0.0933. The van der Waals surface area contributed by atoms with E-state index in [1.54, 1.807) is 77.7 Å². The molecule has 0 amide bonds. The van der Waals surface area contributed by atoms with E-state index in [1.165, 1.54) is 74.5 Å². The zero-order chi connectivity index (χ0) is 79.8. The topological polar surface area (TPSA) is 231 Å². The second kappa shape index (κ2) is 43.1. The van der Waals surface area contributed by atoms with Gasteiger partial charge in [0.2, 0.25) is 23.1 Å². The van der Waals surface area contributed by atoms with Gasteiger partial charge in [0.25, 0.3) is 0 Å². The fourth-order valence-electron chi connectivity index (χ4n) is 12.8. The Morgan fingerprint density at radius 2 is 0.667 bits per heavy atom. The molecule has 22 heteroatoms. The molecule has 0 bridgehead atoms. The van der Waals surface area contributed by atoms with Crippen molar-refractivity contribution in [2.75, 3.05) is 72.4 Å². The van der Waals surface area contributed by atoms with Gasteiger partial charge in [-0.1, -0.05) is 233 Å². The maximum absolute atomic E-state index is 13.4. The fourth-order valence-corrected chi connectivity index (χ4v) is 13.1. The van der Waals surface area contributed by atoms with E-state index in [2.05, 4.69) is 130 Å². The second-order valence-electron chi connectivity index (χ2n) is 27.8. The average molecular weight is 1590 g/mol. The van der Waals surface area contributed by atoms with Gasteiger partial charge in [0.15, 0.2) is 23.3 Å². The summed E-state index contributed by atoms with van der Waals surface area (Å²) >= 11 is 3.45. The first-order valence-electron chi connectivity index (χ1n) is 39.2. The van der Waals surface area contributed by atoms with Crippen LogP contribution in [0.4, 0.5) is 23.3 Å². The predicted molar refractivity (Wildman–Crippen MR) is 458 cm³/mol. The second-order valence-corrected chi connectivity index (χ2v) is 28.7. The van der Waals surface area contributed by atoms with E-state index >= 15 is 0 Å². The highest BCUT2D eigenvalue weighted by Gasteiger charge is 2.26. The number of nitrogens with two attached hydrogens (primary N) is 1. The van der Waals surface area contributed by atoms with Crippen molar-refractivity contribution in [2.24, 2.45) is 15.0 Å². The lowest BCUT2D eigenvalue weighted by Gasteiger charge is -2.23. The third-order valence-corrected chi connectivity index (χ3v) is 19.7. The summed E-state index contributed by atoms with van der Waals surface area (Å²) in [5.41, 5.74) is 17.7. The molecule has 12 aromatic rings. The number of ether oxygens (including phenoxy) is 2. The number of hydrogen-bond donors (Lipinski definition) is 1. The number of halogens is 1. The van der Waals surface area contributed by atoms with E-state index in [1.807, 2.05) is 174 Å². The summed E-state index contributed by atoms with van der Waals surface area (Å²) in [6, 6.07) is 69.6. The number of carbonyl (C=O) groups is 4. The summed E-state index contributed by atoms with van der Waals surface area (Å²) in [5.74, 6) is 1.07. The molecule has 2 fully saturated rings. The maximum Gasteiger partial charge on any atom is 0.213 e. The standard InChI is InChI=1S/C26H30N4O2.C24H28N4O.C21H19BrN4O2.C21H23N3O/c1-2-3-5-8-21-11-13-23(14-12-21)30-20-28-26(27-19-29-15-17-32-18-16-29)24(30)25(31)22-9-6-4-7-10-22;1-4-5-7-10-19-13-15-21(16-14-19)28-18-26-24(25-17-27(2)3)22(28)23(29)20-11-8-6-9-12-20;22-17-6-8-18(9-7-17)26-15-24-21(23-14-25-10-12-28-13-11-25)19(26)20(27)16-4-2-1-3-5-16;1-2-3-5-8-16-11-13-18(14-12-16)24-15-23-21(22)19(24)20(25)17-9-6-4-7-10-17/h4,6-7,9-14,19-20H,2-3,5,8,15-18H2,1H3;6,8-9,11-18H,4-5,7,10H2,1-3H3;1-9,14-15H,10-13H2;4,6-7,9-15H,2-3,5,8,22H2,1H3. The largest absolute Gasteiger partial charge is 0.382 e. The molecule has 0 atom stereocenters. The monoisotopic (exact) mass is 1590 g/mol. The molecule has 0 spiro atoms. The predicted octanol–water partition coefficient (Wildman–Crippen LogP) is 18.2. The summed E-state index contributed by atoms with van der Waals surface area (Å²) in [6.45, 7) is 12.5. The number of unbranched alkanes of at least 4 members (excludes halogenated alkanes) is 6. The number of nitrogens with zero attached hydrogens (tertiary/aromatic N) is 14. The molecule has 0 aliphatic carbocycles. The zero-order valence-electron chi connectivity index (χ0n) is 65.6. The van der Waals surface area contributed by atoms with Crippen LogP contribution in [0.3, 0.4) is 0 Å². The van der Waals surface area contributed by atoms with Crippen LogP contribution in [-0.4, -0.2) is 162 Å². The normalized spacial score (nSPS) is 12.8. The maximum atomic E-state index is 13.4. The Labute approximate surface area is 676 Å². The SMILES string of the molecule is CCCCCc1ccc(-n2cnc(N)c2C(=O)c2ccccc2)cc1.CCCCCc1ccc(-n2cnc(N=CN(C)C)c2C(=O)c2ccccc2)cc1.CCCCCc1ccc(-n2cnc(N=CN3CCOCC3)c2C(=O)c2ccccc2)cc1.O=C(c1ccccc1)c1c(N=CN2CCOCC2)ncn1-c1ccc(Br)cc1. The van der Waals surface area contributed by atoms with Crippen LogP contribution < -0.4 is 5.73 Å². The van der Waals surface area contributed by atoms with E-state index in [-0.39, 0.29) is 29.0 Å². The lowest BCUT2D eigenvalue weighted by Crippen LogP contribution is -2.35. The molecule has 4 aromatic heterocycles. The van der Waals surface area contributed by atoms with E-state index in [0.29, 0.717) is 88.9 Å². The summed E-state index contributed by atoms with van der Waals surface area (Å²) < 4.78 is 19.0. The highest BCUT2D eigenvalue weighted by atomic mass is 79.9. The number of rotatable bonds is 30. The van der Waals surface area contributed by atoms with Crippen molar-refractivity contribution in [3.05, 3.63) is 310 Å². The Morgan fingerprint density at radius 1 is 0.386 bits per heavy atom. The Balaban J connectivity index is 0.000000150. The third-order valence-electron chi connectivity index (χ3n) is 19.2. The first-order valence-corrected chi connectivity index (χ1v) is 40.0. The van der Waals surface area contributed by atoms with Gasteiger partial charge in [-0.05, 0) is 116 Å². The first-order chi connectivity index (χ1) is 55.8. The van der Waals surface area contributed by atoms with Crippen molar-refractivity contribution < 1.29 is 28.7 Å². The summed E-state index contributed by atoms with van der Waals surface area (Å²) in [4.78, 5) is 89.8. The number of hydrogen-bond acceptors (Lipinski definition) is 14. The van der Waals surface area contributed by atoms with Crippen molar-refractivity contribution in [1.29, 1.82) is 0 Å². The number of morpholine rings is 2. The van der Waals surface area contributed by atoms with Crippen molar-refractivity contribution >= 4 is 81.3 Å². The molecule has 2 saturated heterocycles. The Hall–Kier alpha value is -12.1. The molecule has 2 N–H and O–H groups in total. The molecule has 6 heterocycles. The van der Waals surface area contributed by atoms with Crippen molar-refractivity contribution in [2.45, 2.75) is 97.8 Å².